The van der Waals surface area contributed by atoms with Gasteiger partial charge in [0.1, 0.15) is 6.42 Å². The second-order valence-corrected chi connectivity index (χ2v) is 5.89. The zero-order valence-corrected chi connectivity index (χ0v) is 12.8. The van der Waals surface area contributed by atoms with Crippen LogP contribution in [0.3, 0.4) is 0 Å². The van der Waals surface area contributed by atoms with Gasteiger partial charge in [-0.1, -0.05) is 6.92 Å². The molecule has 1 aromatic carbocycles. The lowest BCUT2D eigenvalue weighted by molar-refractivity contribution is -0.138. The molecule has 1 saturated heterocycles. The first kappa shape index (κ1) is 17.3. The van der Waals surface area contributed by atoms with Crippen molar-refractivity contribution in [2.45, 2.75) is 32.4 Å². The van der Waals surface area contributed by atoms with Crippen molar-refractivity contribution in [1.29, 1.82) is 0 Å². The Morgan fingerprint density at radius 2 is 1.91 bits per heavy atom. The standard InChI is InChI=1S/C16H19F3N2O2/c1-11-3-2-8-21(10-11)15(23)9-14(22)20-13-6-4-12(5-7-13)16(17,18)19/h4-7,11H,2-3,8-10H2,1H3,(H,20,22). The van der Waals surface area contributed by atoms with Gasteiger partial charge in [0.05, 0.1) is 5.56 Å². The van der Waals surface area contributed by atoms with Crippen molar-refractivity contribution >= 4 is 17.5 Å². The predicted octanol–water partition coefficient (Wildman–Crippen LogP) is 3.29. The third-order valence-corrected chi connectivity index (χ3v) is 3.82. The lowest BCUT2D eigenvalue weighted by Gasteiger charge is -2.30. The average molecular weight is 328 g/mol. The quantitative estimate of drug-likeness (QED) is 0.866. The molecule has 1 unspecified atom stereocenters. The van der Waals surface area contributed by atoms with E-state index < -0.39 is 17.6 Å². The minimum Gasteiger partial charge on any atom is -0.342 e. The lowest BCUT2D eigenvalue weighted by Crippen LogP contribution is -2.40. The molecule has 2 rings (SSSR count). The summed E-state index contributed by atoms with van der Waals surface area (Å²) in [4.78, 5) is 25.6. The van der Waals surface area contributed by atoms with Gasteiger partial charge in [-0.05, 0) is 43.0 Å². The van der Waals surface area contributed by atoms with E-state index in [-0.39, 0.29) is 18.0 Å². The molecule has 1 heterocycles. The van der Waals surface area contributed by atoms with Crippen LogP contribution >= 0.6 is 0 Å². The fraction of sp³-hybridized carbons (Fsp3) is 0.500. The second-order valence-electron chi connectivity index (χ2n) is 5.89. The summed E-state index contributed by atoms with van der Waals surface area (Å²) in [5, 5.41) is 2.45. The molecule has 0 spiro atoms. The zero-order valence-electron chi connectivity index (χ0n) is 12.8. The molecule has 4 nitrogen and oxygen atoms in total. The number of carbonyl (C=O) groups is 2. The van der Waals surface area contributed by atoms with E-state index in [1.54, 1.807) is 4.90 Å². The van der Waals surface area contributed by atoms with E-state index in [0.29, 0.717) is 19.0 Å². The molecule has 1 aliphatic heterocycles. The molecule has 7 heteroatoms. The Morgan fingerprint density at radius 3 is 2.48 bits per heavy atom. The SMILES string of the molecule is CC1CCCN(C(=O)CC(=O)Nc2ccc(C(F)(F)F)cc2)C1. The fourth-order valence-corrected chi connectivity index (χ4v) is 2.61. The van der Waals surface area contributed by atoms with Gasteiger partial charge in [-0.25, -0.2) is 0 Å². The van der Waals surface area contributed by atoms with Crippen molar-refractivity contribution < 1.29 is 22.8 Å². The van der Waals surface area contributed by atoms with Crippen LogP contribution in [0.1, 0.15) is 31.7 Å². The number of alkyl halides is 3. The topological polar surface area (TPSA) is 49.4 Å². The van der Waals surface area contributed by atoms with Crippen LogP contribution in [0.25, 0.3) is 0 Å². The Morgan fingerprint density at radius 1 is 1.26 bits per heavy atom. The Hall–Kier alpha value is -2.05. The summed E-state index contributed by atoms with van der Waals surface area (Å²) in [7, 11) is 0. The number of likely N-dealkylation sites (tertiary alicyclic amines) is 1. The molecule has 0 saturated carbocycles. The molecule has 1 atom stereocenters. The van der Waals surface area contributed by atoms with Crippen LogP contribution in [-0.2, 0) is 15.8 Å². The number of hydrogen-bond donors (Lipinski definition) is 1. The Labute approximate surface area is 132 Å². The monoisotopic (exact) mass is 328 g/mol. The third kappa shape index (κ3) is 4.97. The molecular formula is C16H19F3N2O2. The highest BCUT2D eigenvalue weighted by Crippen LogP contribution is 2.29. The van der Waals surface area contributed by atoms with E-state index in [1.165, 1.54) is 12.1 Å². The number of amides is 2. The maximum atomic E-state index is 12.5. The van der Waals surface area contributed by atoms with Gasteiger partial charge < -0.3 is 10.2 Å². The van der Waals surface area contributed by atoms with Crippen molar-refractivity contribution in [1.82, 2.24) is 4.90 Å². The van der Waals surface area contributed by atoms with Gasteiger partial charge in [0.2, 0.25) is 11.8 Å². The Bertz CT molecular complexity index is 570. The largest absolute Gasteiger partial charge is 0.416 e. The average Bonchev–Trinajstić information content (AvgIpc) is 2.46. The number of benzene rings is 1. The van der Waals surface area contributed by atoms with Crippen molar-refractivity contribution in [3.63, 3.8) is 0 Å². The van der Waals surface area contributed by atoms with Gasteiger partial charge in [-0.3, -0.25) is 9.59 Å². The van der Waals surface area contributed by atoms with Crippen LogP contribution in [0.2, 0.25) is 0 Å². The second kappa shape index (κ2) is 7.02. The maximum Gasteiger partial charge on any atom is 0.416 e. The summed E-state index contributed by atoms with van der Waals surface area (Å²) in [5.41, 5.74) is -0.545. The maximum absolute atomic E-state index is 12.5. The highest BCUT2D eigenvalue weighted by atomic mass is 19.4. The van der Waals surface area contributed by atoms with Gasteiger partial charge in [-0.15, -0.1) is 0 Å². The van der Waals surface area contributed by atoms with Crippen molar-refractivity contribution in [2.75, 3.05) is 18.4 Å². The van der Waals surface area contributed by atoms with Gasteiger partial charge >= 0.3 is 6.18 Å². The Kier molecular flexibility index (Phi) is 5.28. The molecule has 0 aromatic heterocycles. The number of hydrogen-bond acceptors (Lipinski definition) is 2. The van der Waals surface area contributed by atoms with Crippen LogP contribution in [-0.4, -0.2) is 29.8 Å². The van der Waals surface area contributed by atoms with E-state index in [2.05, 4.69) is 12.2 Å². The number of piperidine rings is 1. The lowest BCUT2D eigenvalue weighted by atomic mass is 10.00. The van der Waals surface area contributed by atoms with E-state index in [9.17, 15) is 22.8 Å². The van der Waals surface area contributed by atoms with Gasteiger partial charge in [0.25, 0.3) is 0 Å². The molecule has 1 aliphatic rings. The number of nitrogens with zero attached hydrogens (tertiary/aromatic N) is 1. The predicted molar refractivity (Wildman–Crippen MR) is 79.7 cm³/mol. The molecule has 126 valence electrons. The molecule has 1 fully saturated rings. The number of rotatable bonds is 3. The summed E-state index contributed by atoms with van der Waals surface area (Å²) in [6.07, 6.45) is -2.72. The van der Waals surface area contributed by atoms with Crippen LogP contribution < -0.4 is 5.32 Å². The first-order valence-electron chi connectivity index (χ1n) is 7.50. The summed E-state index contributed by atoms with van der Waals surface area (Å²) in [6, 6.07) is 4.13. The first-order valence-corrected chi connectivity index (χ1v) is 7.50. The van der Waals surface area contributed by atoms with Crippen LogP contribution in [0, 0.1) is 5.92 Å². The van der Waals surface area contributed by atoms with Crippen molar-refractivity contribution in [3.8, 4) is 0 Å². The number of halogens is 3. The van der Waals surface area contributed by atoms with Crippen molar-refractivity contribution in [3.05, 3.63) is 29.8 Å². The number of nitrogens with one attached hydrogen (secondary N) is 1. The number of carbonyl (C=O) groups excluding carboxylic acids is 2. The van der Waals surface area contributed by atoms with E-state index in [1.807, 2.05) is 0 Å². The smallest absolute Gasteiger partial charge is 0.342 e. The fourth-order valence-electron chi connectivity index (χ4n) is 2.61. The van der Waals surface area contributed by atoms with Crippen LogP contribution in [0.5, 0.6) is 0 Å². The molecule has 23 heavy (non-hydrogen) atoms. The van der Waals surface area contributed by atoms with Gasteiger partial charge in [-0.2, -0.15) is 13.2 Å². The summed E-state index contributed by atoms with van der Waals surface area (Å²) < 4.78 is 37.4. The molecule has 1 N–H and O–H groups in total. The molecular weight excluding hydrogens is 309 g/mol. The van der Waals surface area contributed by atoms with Gasteiger partial charge in [0.15, 0.2) is 0 Å². The highest BCUT2D eigenvalue weighted by molar-refractivity contribution is 6.03. The molecule has 0 radical (unpaired) electrons. The minimum absolute atomic E-state index is 0.239. The molecule has 0 aliphatic carbocycles. The van der Waals surface area contributed by atoms with Gasteiger partial charge in [0, 0.05) is 18.8 Å². The summed E-state index contributed by atoms with van der Waals surface area (Å²) in [6.45, 7) is 3.35. The normalized spacial score (nSPS) is 18.6. The highest BCUT2D eigenvalue weighted by Gasteiger charge is 2.30. The van der Waals surface area contributed by atoms with Crippen LogP contribution in [0.4, 0.5) is 18.9 Å². The molecule has 0 bridgehead atoms. The van der Waals surface area contributed by atoms with Crippen LogP contribution in [0.15, 0.2) is 24.3 Å². The van der Waals surface area contributed by atoms with E-state index in [0.717, 1.165) is 25.0 Å². The van der Waals surface area contributed by atoms with E-state index >= 15 is 0 Å². The number of anilines is 1. The molecule has 2 amide bonds. The van der Waals surface area contributed by atoms with Crippen molar-refractivity contribution in [2.24, 2.45) is 5.92 Å². The Balaban J connectivity index is 1.88. The zero-order chi connectivity index (χ0) is 17.0. The third-order valence-electron chi connectivity index (χ3n) is 3.82. The van der Waals surface area contributed by atoms with E-state index in [4.69, 9.17) is 0 Å². The molecule has 1 aromatic rings. The summed E-state index contributed by atoms with van der Waals surface area (Å²) >= 11 is 0. The minimum atomic E-state index is -4.41. The summed E-state index contributed by atoms with van der Waals surface area (Å²) in [5.74, 6) is -0.348. The first-order chi connectivity index (χ1) is 10.8.